The molecule has 3 rings (SSSR count). The van der Waals surface area contributed by atoms with E-state index in [2.05, 4.69) is 22.2 Å². The molecule has 1 unspecified atom stereocenters. The zero-order valence-corrected chi connectivity index (χ0v) is 9.49. The van der Waals surface area contributed by atoms with Gasteiger partial charge in [0, 0.05) is 25.4 Å². The first kappa shape index (κ1) is 9.84. The Kier molecular flexibility index (Phi) is 2.04. The third-order valence-corrected chi connectivity index (χ3v) is 3.25. The largest absolute Gasteiger partial charge is 0.480 e. The highest BCUT2D eigenvalue weighted by Crippen LogP contribution is 2.37. The highest BCUT2D eigenvalue weighted by molar-refractivity contribution is 5.30. The van der Waals surface area contributed by atoms with E-state index in [0.717, 1.165) is 25.1 Å². The van der Waals surface area contributed by atoms with E-state index in [4.69, 9.17) is 9.47 Å². The van der Waals surface area contributed by atoms with Gasteiger partial charge in [-0.25, -0.2) is 9.97 Å². The highest BCUT2D eigenvalue weighted by atomic mass is 16.5. The maximum atomic E-state index is 5.93. The quantitative estimate of drug-likeness (QED) is 0.750. The van der Waals surface area contributed by atoms with Crippen molar-refractivity contribution in [3.63, 3.8) is 0 Å². The molecule has 86 valence electrons. The standard InChI is InChI=1S/C11H15N3O2/c1-7-3-11(6-13-7)4-8-10(16-11)12-5-9(14-8)15-2/h5,7,13H,3-4,6H2,1-2H3/t7-,11?/m0/s1. The minimum absolute atomic E-state index is 0.131. The predicted molar refractivity (Wildman–Crippen MR) is 57.7 cm³/mol. The van der Waals surface area contributed by atoms with Crippen molar-refractivity contribution in [1.82, 2.24) is 15.3 Å². The number of aromatic nitrogens is 2. The molecule has 16 heavy (non-hydrogen) atoms. The Morgan fingerprint density at radius 2 is 2.50 bits per heavy atom. The molecule has 1 saturated heterocycles. The van der Waals surface area contributed by atoms with Crippen molar-refractivity contribution < 1.29 is 9.47 Å². The first-order valence-electron chi connectivity index (χ1n) is 5.53. The Balaban J connectivity index is 1.88. The lowest BCUT2D eigenvalue weighted by Crippen LogP contribution is -2.36. The van der Waals surface area contributed by atoms with Crippen molar-refractivity contribution in [2.45, 2.75) is 31.4 Å². The second kappa shape index (κ2) is 3.31. The van der Waals surface area contributed by atoms with E-state index < -0.39 is 0 Å². The molecule has 3 heterocycles. The van der Waals surface area contributed by atoms with Gasteiger partial charge in [-0.3, -0.25) is 0 Å². The first-order valence-corrected chi connectivity index (χ1v) is 5.53. The van der Waals surface area contributed by atoms with Crippen LogP contribution in [0.1, 0.15) is 19.0 Å². The summed E-state index contributed by atoms with van der Waals surface area (Å²) in [5.41, 5.74) is 0.781. The van der Waals surface area contributed by atoms with Gasteiger partial charge in [-0.15, -0.1) is 0 Å². The number of rotatable bonds is 1. The van der Waals surface area contributed by atoms with E-state index in [1.54, 1.807) is 13.3 Å². The molecule has 0 amide bonds. The Morgan fingerprint density at radius 3 is 3.19 bits per heavy atom. The Bertz CT molecular complexity index is 424. The molecule has 0 saturated carbocycles. The van der Waals surface area contributed by atoms with Crippen LogP contribution in [0.5, 0.6) is 11.8 Å². The minimum Gasteiger partial charge on any atom is -0.480 e. The second-order valence-corrected chi connectivity index (χ2v) is 4.61. The molecule has 2 aliphatic heterocycles. The lowest BCUT2D eigenvalue weighted by molar-refractivity contribution is 0.110. The van der Waals surface area contributed by atoms with Gasteiger partial charge in [0.05, 0.1) is 13.3 Å². The van der Waals surface area contributed by atoms with Crippen LogP contribution in [0.2, 0.25) is 0 Å². The number of methoxy groups -OCH3 is 1. The smallest absolute Gasteiger partial charge is 0.236 e. The van der Waals surface area contributed by atoms with Gasteiger partial charge in [0.2, 0.25) is 11.8 Å². The third-order valence-electron chi connectivity index (χ3n) is 3.25. The van der Waals surface area contributed by atoms with Gasteiger partial charge in [-0.1, -0.05) is 0 Å². The van der Waals surface area contributed by atoms with Crippen LogP contribution in [0.4, 0.5) is 0 Å². The van der Waals surface area contributed by atoms with Crippen molar-refractivity contribution in [1.29, 1.82) is 0 Å². The van der Waals surface area contributed by atoms with E-state index in [0.29, 0.717) is 17.8 Å². The van der Waals surface area contributed by atoms with E-state index >= 15 is 0 Å². The van der Waals surface area contributed by atoms with Crippen molar-refractivity contribution in [2.75, 3.05) is 13.7 Å². The molecule has 1 aromatic heterocycles. The van der Waals surface area contributed by atoms with Gasteiger partial charge in [0.15, 0.2) is 0 Å². The van der Waals surface area contributed by atoms with Crippen molar-refractivity contribution in [3.05, 3.63) is 11.9 Å². The molecule has 1 aromatic rings. The van der Waals surface area contributed by atoms with Crippen LogP contribution in [0.15, 0.2) is 6.20 Å². The lowest BCUT2D eigenvalue weighted by Gasteiger charge is -2.20. The number of hydrogen-bond acceptors (Lipinski definition) is 5. The molecule has 5 nitrogen and oxygen atoms in total. The summed E-state index contributed by atoms with van der Waals surface area (Å²) in [6, 6.07) is 0.496. The average Bonchev–Trinajstić information content (AvgIpc) is 2.80. The molecule has 0 bridgehead atoms. The summed E-state index contributed by atoms with van der Waals surface area (Å²) < 4.78 is 11.0. The van der Waals surface area contributed by atoms with Gasteiger partial charge in [-0.2, -0.15) is 0 Å². The second-order valence-electron chi connectivity index (χ2n) is 4.61. The Labute approximate surface area is 94.2 Å². The average molecular weight is 221 g/mol. The fraction of sp³-hybridized carbons (Fsp3) is 0.636. The molecule has 0 radical (unpaired) electrons. The number of nitrogens with zero attached hydrogens (tertiary/aromatic N) is 2. The monoisotopic (exact) mass is 221 g/mol. The fourth-order valence-corrected chi connectivity index (χ4v) is 2.52. The van der Waals surface area contributed by atoms with Crippen LogP contribution >= 0.6 is 0 Å². The zero-order chi connectivity index (χ0) is 11.2. The molecular weight excluding hydrogens is 206 g/mol. The molecule has 5 heteroatoms. The van der Waals surface area contributed by atoms with Gasteiger partial charge >= 0.3 is 0 Å². The van der Waals surface area contributed by atoms with Gasteiger partial charge in [0.25, 0.3) is 0 Å². The first-order chi connectivity index (χ1) is 7.71. The topological polar surface area (TPSA) is 56.3 Å². The van der Waals surface area contributed by atoms with E-state index in [1.807, 2.05) is 0 Å². The molecule has 0 aliphatic carbocycles. The van der Waals surface area contributed by atoms with Crippen LogP contribution in [-0.2, 0) is 6.42 Å². The van der Waals surface area contributed by atoms with Crippen molar-refractivity contribution >= 4 is 0 Å². The SMILES string of the molecule is COc1cnc2c(n1)CC1(CN[C@@H](C)C1)O2. The van der Waals surface area contributed by atoms with E-state index in [1.165, 1.54) is 0 Å². The summed E-state index contributed by atoms with van der Waals surface area (Å²) >= 11 is 0. The van der Waals surface area contributed by atoms with E-state index in [-0.39, 0.29) is 5.60 Å². The predicted octanol–water partition coefficient (Wildman–Crippen LogP) is 0.541. The normalized spacial score (nSPS) is 31.5. The van der Waals surface area contributed by atoms with Crippen molar-refractivity contribution in [2.24, 2.45) is 0 Å². The molecule has 1 fully saturated rings. The zero-order valence-electron chi connectivity index (χ0n) is 9.49. The molecule has 1 spiro atoms. The summed E-state index contributed by atoms with van der Waals surface area (Å²) in [5, 5.41) is 3.40. The maximum Gasteiger partial charge on any atom is 0.236 e. The third kappa shape index (κ3) is 1.43. The van der Waals surface area contributed by atoms with Crippen LogP contribution in [-0.4, -0.2) is 35.3 Å². The van der Waals surface area contributed by atoms with E-state index in [9.17, 15) is 0 Å². The van der Waals surface area contributed by atoms with Crippen LogP contribution in [0.25, 0.3) is 0 Å². The molecule has 2 atom stereocenters. The number of fused-ring (bicyclic) bond motifs is 1. The van der Waals surface area contributed by atoms with Crippen LogP contribution in [0.3, 0.4) is 0 Å². The van der Waals surface area contributed by atoms with Gasteiger partial charge in [-0.05, 0) is 6.92 Å². The summed E-state index contributed by atoms with van der Waals surface area (Å²) in [6.45, 7) is 3.04. The molecule has 0 aromatic carbocycles. The number of ether oxygens (including phenoxy) is 2. The molecule has 2 aliphatic rings. The Morgan fingerprint density at radius 1 is 1.62 bits per heavy atom. The number of nitrogens with one attached hydrogen (secondary N) is 1. The summed E-state index contributed by atoms with van der Waals surface area (Å²) in [4.78, 5) is 8.61. The number of hydrogen-bond donors (Lipinski definition) is 1. The summed E-state index contributed by atoms with van der Waals surface area (Å²) in [5.74, 6) is 1.22. The highest BCUT2D eigenvalue weighted by Gasteiger charge is 2.45. The van der Waals surface area contributed by atoms with Crippen LogP contribution < -0.4 is 14.8 Å². The Hall–Kier alpha value is -1.36. The molecule has 1 N–H and O–H groups in total. The molecular formula is C11H15N3O2. The van der Waals surface area contributed by atoms with Crippen molar-refractivity contribution in [3.8, 4) is 11.8 Å². The van der Waals surface area contributed by atoms with Gasteiger partial charge in [0.1, 0.15) is 11.3 Å². The summed E-state index contributed by atoms with van der Waals surface area (Å²) in [7, 11) is 1.60. The van der Waals surface area contributed by atoms with Crippen LogP contribution in [0, 0.1) is 0 Å². The maximum absolute atomic E-state index is 5.93. The lowest BCUT2D eigenvalue weighted by atomic mass is 9.97. The van der Waals surface area contributed by atoms with Gasteiger partial charge < -0.3 is 14.8 Å². The minimum atomic E-state index is -0.131. The fourth-order valence-electron chi connectivity index (χ4n) is 2.52. The summed E-state index contributed by atoms with van der Waals surface area (Å²) in [6.07, 6.45) is 3.43.